The van der Waals surface area contributed by atoms with Crippen LogP contribution in [0.4, 0.5) is 4.39 Å². The van der Waals surface area contributed by atoms with E-state index in [1.165, 1.54) is 35.3 Å². The molecule has 1 aromatic carbocycles. The first-order valence-corrected chi connectivity index (χ1v) is 8.98. The summed E-state index contributed by atoms with van der Waals surface area (Å²) in [5.41, 5.74) is -1.68. The van der Waals surface area contributed by atoms with Crippen LogP contribution in [-0.2, 0) is 4.79 Å². The van der Waals surface area contributed by atoms with Crippen molar-refractivity contribution in [1.82, 2.24) is 25.6 Å². The molecular formula is C19H21FN6O2. The molecule has 1 aliphatic rings. The SMILES string of the molecule is CC(C)C[C@@](C=O)(NC(=O)c1cnn(-c2ccc(F)cc2)n1)NC1(C#N)CC1. The Labute approximate surface area is 161 Å². The van der Waals surface area contributed by atoms with Crippen LogP contribution in [0.1, 0.15) is 43.6 Å². The van der Waals surface area contributed by atoms with Crippen molar-refractivity contribution in [1.29, 1.82) is 5.26 Å². The maximum Gasteiger partial charge on any atom is 0.275 e. The molecular weight excluding hydrogens is 363 g/mol. The highest BCUT2D eigenvalue weighted by Crippen LogP contribution is 2.36. The first kappa shape index (κ1) is 19.6. The Morgan fingerprint density at radius 1 is 1.43 bits per heavy atom. The van der Waals surface area contributed by atoms with Crippen molar-refractivity contribution in [3.05, 3.63) is 42.0 Å². The zero-order valence-corrected chi connectivity index (χ0v) is 15.6. The molecule has 2 N–H and O–H groups in total. The predicted molar refractivity (Wildman–Crippen MR) is 97.7 cm³/mol. The Morgan fingerprint density at radius 3 is 2.64 bits per heavy atom. The van der Waals surface area contributed by atoms with Crippen LogP contribution < -0.4 is 10.6 Å². The van der Waals surface area contributed by atoms with Gasteiger partial charge in [0.2, 0.25) is 0 Å². The lowest BCUT2D eigenvalue weighted by atomic mass is 9.96. The molecule has 1 aliphatic carbocycles. The monoisotopic (exact) mass is 384 g/mol. The van der Waals surface area contributed by atoms with Crippen LogP contribution in [0.3, 0.4) is 0 Å². The molecule has 9 heteroatoms. The molecule has 1 aromatic heterocycles. The fourth-order valence-electron chi connectivity index (χ4n) is 3.03. The largest absolute Gasteiger partial charge is 0.326 e. The molecule has 0 saturated heterocycles. The van der Waals surface area contributed by atoms with Gasteiger partial charge in [-0.3, -0.25) is 14.9 Å². The number of rotatable bonds is 8. The minimum absolute atomic E-state index is 0.00270. The van der Waals surface area contributed by atoms with E-state index in [0.29, 0.717) is 31.2 Å². The minimum atomic E-state index is -1.38. The zero-order chi connectivity index (χ0) is 20.4. The molecule has 2 aromatic rings. The third-order valence-corrected chi connectivity index (χ3v) is 4.48. The number of hydrogen-bond acceptors (Lipinski definition) is 6. The third-order valence-electron chi connectivity index (χ3n) is 4.48. The Bertz CT molecular complexity index is 913. The van der Waals surface area contributed by atoms with Gasteiger partial charge in [-0.05, 0) is 49.4 Å². The topological polar surface area (TPSA) is 113 Å². The second kappa shape index (κ2) is 7.48. The number of hydrogen-bond donors (Lipinski definition) is 2. The molecule has 1 saturated carbocycles. The van der Waals surface area contributed by atoms with Crippen molar-refractivity contribution in [3.8, 4) is 11.8 Å². The summed E-state index contributed by atoms with van der Waals surface area (Å²) in [5, 5.41) is 23.2. The number of aldehydes is 1. The lowest BCUT2D eigenvalue weighted by molar-refractivity contribution is -0.115. The van der Waals surface area contributed by atoms with Gasteiger partial charge in [0.15, 0.2) is 12.0 Å². The van der Waals surface area contributed by atoms with E-state index in [1.807, 2.05) is 13.8 Å². The number of nitrogens with one attached hydrogen (secondary N) is 2. The number of halogens is 1. The Morgan fingerprint density at radius 2 is 2.11 bits per heavy atom. The molecule has 0 bridgehead atoms. The summed E-state index contributed by atoms with van der Waals surface area (Å²) in [4.78, 5) is 25.9. The molecule has 3 rings (SSSR count). The van der Waals surface area contributed by atoms with Gasteiger partial charge in [0.05, 0.1) is 18.0 Å². The van der Waals surface area contributed by atoms with Gasteiger partial charge in [-0.15, -0.1) is 5.10 Å². The molecule has 1 amide bonds. The van der Waals surface area contributed by atoms with E-state index < -0.39 is 22.9 Å². The van der Waals surface area contributed by atoms with Crippen LogP contribution in [0.2, 0.25) is 0 Å². The summed E-state index contributed by atoms with van der Waals surface area (Å²) in [6.45, 7) is 3.84. The van der Waals surface area contributed by atoms with Crippen molar-refractivity contribution < 1.29 is 14.0 Å². The van der Waals surface area contributed by atoms with Crippen LogP contribution >= 0.6 is 0 Å². The van der Waals surface area contributed by atoms with Gasteiger partial charge in [-0.1, -0.05) is 13.8 Å². The Balaban J connectivity index is 1.81. The number of nitrogens with zero attached hydrogens (tertiary/aromatic N) is 4. The van der Waals surface area contributed by atoms with Crippen molar-refractivity contribution in [3.63, 3.8) is 0 Å². The number of carbonyl (C=O) groups is 2. The smallest absolute Gasteiger partial charge is 0.275 e. The fraction of sp³-hybridized carbons (Fsp3) is 0.421. The van der Waals surface area contributed by atoms with E-state index in [1.54, 1.807) is 0 Å². The van der Waals surface area contributed by atoms with Crippen LogP contribution in [0.15, 0.2) is 30.5 Å². The number of nitriles is 1. The van der Waals surface area contributed by atoms with Gasteiger partial charge in [0.1, 0.15) is 17.0 Å². The highest BCUT2D eigenvalue weighted by molar-refractivity contribution is 5.94. The van der Waals surface area contributed by atoms with Crippen molar-refractivity contribution in [2.75, 3.05) is 0 Å². The van der Waals surface area contributed by atoms with E-state index >= 15 is 0 Å². The summed E-state index contributed by atoms with van der Waals surface area (Å²) in [7, 11) is 0. The molecule has 0 unspecified atom stereocenters. The maximum absolute atomic E-state index is 13.1. The van der Waals surface area contributed by atoms with Crippen LogP contribution in [0.25, 0.3) is 5.69 Å². The number of aromatic nitrogens is 3. The molecule has 0 radical (unpaired) electrons. The summed E-state index contributed by atoms with van der Waals surface area (Å²) < 4.78 is 13.1. The zero-order valence-electron chi connectivity index (χ0n) is 15.6. The highest BCUT2D eigenvalue weighted by atomic mass is 19.1. The fourth-order valence-corrected chi connectivity index (χ4v) is 3.03. The van der Waals surface area contributed by atoms with Crippen LogP contribution in [-0.4, -0.2) is 38.4 Å². The van der Waals surface area contributed by atoms with Gasteiger partial charge in [-0.25, -0.2) is 4.39 Å². The maximum atomic E-state index is 13.1. The summed E-state index contributed by atoms with van der Waals surface area (Å²) in [6.07, 6.45) is 3.45. The Hall–Kier alpha value is -3.12. The molecule has 0 aliphatic heterocycles. The normalized spacial score (nSPS) is 16.8. The molecule has 1 fully saturated rings. The van der Waals surface area contributed by atoms with E-state index in [0.717, 1.165) is 0 Å². The molecule has 8 nitrogen and oxygen atoms in total. The standard InChI is InChI=1S/C19H21FN6O2/c1-13(2)9-19(12-27,25-18(11-21)7-8-18)23-17(28)16-10-22-26(24-16)15-5-3-14(20)4-6-15/h3-6,10,12-13,25H,7-9H2,1-2H3,(H,23,28)/t19-/m1/s1. The number of carbonyl (C=O) groups excluding carboxylic acids is 2. The lowest BCUT2D eigenvalue weighted by Gasteiger charge is -2.33. The number of benzene rings is 1. The van der Waals surface area contributed by atoms with E-state index in [-0.39, 0.29) is 11.6 Å². The van der Waals surface area contributed by atoms with Gasteiger partial charge in [0, 0.05) is 0 Å². The van der Waals surface area contributed by atoms with Gasteiger partial charge in [-0.2, -0.15) is 15.2 Å². The van der Waals surface area contributed by atoms with Crippen molar-refractivity contribution in [2.45, 2.75) is 44.3 Å². The van der Waals surface area contributed by atoms with Crippen LogP contribution in [0, 0.1) is 23.1 Å². The lowest BCUT2D eigenvalue weighted by Crippen LogP contribution is -2.64. The Kier molecular flexibility index (Phi) is 5.25. The summed E-state index contributed by atoms with van der Waals surface area (Å²) in [5.74, 6) is -0.902. The molecule has 0 spiro atoms. The van der Waals surface area contributed by atoms with E-state index in [4.69, 9.17) is 0 Å². The highest BCUT2D eigenvalue weighted by Gasteiger charge is 2.50. The van der Waals surface area contributed by atoms with Gasteiger partial charge >= 0.3 is 0 Å². The molecule has 1 heterocycles. The summed E-state index contributed by atoms with van der Waals surface area (Å²) >= 11 is 0. The van der Waals surface area contributed by atoms with Gasteiger partial charge < -0.3 is 5.32 Å². The minimum Gasteiger partial charge on any atom is -0.326 e. The average molecular weight is 384 g/mol. The first-order chi connectivity index (χ1) is 13.3. The average Bonchev–Trinajstić information content (AvgIpc) is 3.24. The molecule has 28 heavy (non-hydrogen) atoms. The van der Waals surface area contributed by atoms with Crippen LogP contribution in [0.5, 0.6) is 0 Å². The third kappa shape index (κ3) is 4.23. The number of amides is 1. The van der Waals surface area contributed by atoms with Gasteiger partial charge in [0.25, 0.3) is 5.91 Å². The van der Waals surface area contributed by atoms with Crippen molar-refractivity contribution >= 4 is 12.2 Å². The second-order valence-corrected chi connectivity index (χ2v) is 7.46. The van der Waals surface area contributed by atoms with E-state index in [2.05, 4.69) is 26.9 Å². The molecule has 1 atom stereocenters. The second-order valence-electron chi connectivity index (χ2n) is 7.46. The first-order valence-electron chi connectivity index (χ1n) is 8.98. The molecule has 146 valence electrons. The van der Waals surface area contributed by atoms with Crippen molar-refractivity contribution in [2.24, 2.45) is 5.92 Å². The predicted octanol–water partition coefficient (Wildman–Crippen LogP) is 1.72. The quantitative estimate of drug-likeness (QED) is 0.529. The van der Waals surface area contributed by atoms with E-state index in [9.17, 15) is 19.2 Å². The summed E-state index contributed by atoms with van der Waals surface area (Å²) in [6, 6.07) is 7.67.